The number of nitrogens with one attached hydrogen (secondary N) is 1. The van der Waals surface area contributed by atoms with Crippen LogP contribution in [0.1, 0.15) is 53.7 Å². The van der Waals surface area contributed by atoms with Crippen LogP contribution in [0, 0.1) is 5.82 Å². The highest BCUT2D eigenvalue weighted by Crippen LogP contribution is 2.44. The lowest BCUT2D eigenvalue weighted by Crippen LogP contribution is -2.42. The first-order valence-corrected chi connectivity index (χ1v) is 10.3. The van der Waals surface area contributed by atoms with Gasteiger partial charge in [0.05, 0.1) is 12.3 Å². The fourth-order valence-electron chi connectivity index (χ4n) is 4.51. The summed E-state index contributed by atoms with van der Waals surface area (Å²) in [7, 11) is 0. The molecular weight excluding hydrogens is 428 g/mol. The number of carbonyl (C=O) groups is 1. The van der Waals surface area contributed by atoms with Crippen LogP contribution in [0.15, 0.2) is 47.1 Å². The molecule has 5 rings (SSSR count). The van der Waals surface area contributed by atoms with E-state index in [0.29, 0.717) is 29.9 Å². The van der Waals surface area contributed by atoms with Gasteiger partial charge in [0.25, 0.3) is 5.91 Å². The molecule has 10 heteroatoms. The normalized spacial score (nSPS) is 22.8. The Balaban J connectivity index is 1.52. The molecule has 0 saturated carbocycles. The second-order valence-corrected chi connectivity index (χ2v) is 8.20. The molecule has 32 heavy (non-hydrogen) atoms. The fraction of sp³-hybridized carbons (Fsp3) is 0.364. The monoisotopic (exact) mass is 448 g/mol. The lowest BCUT2D eigenvalue weighted by molar-refractivity contribution is -0.174. The van der Waals surface area contributed by atoms with Crippen molar-refractivity contribution < 1.29 is 26.8 Å². The number of fused-ring (bicyclic) bond motifs is 2. The van der Waals surface area contributed by atoms with Crippen LogP contribution >= 0.6 is 0 Å². The molecule has 3 atom stereocenters. The summed E-state index contributed by atoms with van der Waals surface area (Å²) in [6, 6.07) is 5.91. The third-order valence-corrected chi connectivity index (χ3v) is 6.09. The third-order valence-electron chi connectivity index (χ3n) is 6.09. The van der Waals surface area contributed by atoms with Crippen LogP contribution in [-0.4, -0.2) is 27.9 Å². The highest BCUT2D eigenvalue weighted by atomic mass is 19.4. The molecule has 0 unspecified atom stereocenters. The van der Waals surface area contributed by atoms with E-state index in [-0.39, 0.29) is 24.0 Å². The van der Waals surface area contributed by atoms with Crippen molar-refractivity contribution in [1.82, 2.24) is 9.78 Å². The number of nitrogens with zero attached hydrogens (tertiary/aromatic N) is 3. The minimum absolute atomic E-state index is 0.0901. The molecule has 4 heterocycles. The number of amides is 1. The number of aryl methyl sites for hydroxylation is 1. The van der Waals surface area contributed by atoms with Gasteiger partial charge in [0, 0.05) is 24.2 Å². The average molecular weight is 448 g/mol. The van der Waals surface area contributed by atoms with Crippen molar-refractivity contribution in [3.8, 4) is 0 Å². The number of hydrogen-bond acceptors (Lipinski definition) is 4. The van der Waals surface area contributed by atoms with Crippen LogP contribution in [0.2, 0.25) is 0 Å². The predicted octanol–water partition coefficient (Wildman–Crippen LogP) is 5.26. The minimum atomic E-state index is -4.56. The van der Waals surface area contributed by atoms with Crippen LogP contribution in [0.4, 0.5) is 29.1 Å². The molecule has 0 aliphatic carbocycles. The third kappa shape index (κ3) is 3.43. The number of aromatic nitrogens is 2. The van der Waals surface area contributed by atoms with Crippen LogP contribution in [0.25, 0.3) is 0 Å². The van der Waals surface area contributed by atoms with Crippen molar-refractivity contribution >= 4 is 17.4 Å². The van der Waals surface area contributed by atoms with Crippen LogP contribution < -0.4 is 10.2 Å². The Hall–Kier alpha value is -3.30. The van der Waals surface area contributed by atoms with Gasteiger partial charge in [0.15, 0.2) is 11.7 Å². The summed E-state index contributed by atoms with van der Waals surface area (Å²) >= 11 is 0. The SMILES string of the molecule is C[C@@H]1CCc2cc(F)ccc2N1C(=O)c1cc2n(n1)[C@@H](C(F)(F)F)C[C@@H](c1ccco1)N2. The average Bonchev–Trinajstić information content (AvgIpc) is 3.41. The molecule has 1 N–H and O–H groups in total. The van der Waals surface area contributed by atoms with E-state index >= 15 is 0 Å². The van der Waals surface area contributed by atoms with Gasteiger partial charge in [-0.05, 0) is 55.7 Å². The summed E-state index contributed by atoms with van der Waals surface area (Å²) in [5.74, 6) is -0.457. The Morgan fingerprint density at radius 3 is 2.78 bits per heavy atom. The summed E-state index contributed by atoms with van der Waals surface area (Å²) in [6.45, 7) is 1.85. The Morgan fingerprint density at radius 2 is 2.06 bits per heavy atom. The van der Waals surface area contributed by atoms with E-state index in [1.165, 1.54) is 35.4 Å². The molecule has 6 nitrogen and oxygen atoms in total. The fourth-order valence-corrected chi connectivity index (χ4v) is 4.51. The molecule has 168 valence electrons. The van der Waals surface area contributed by atoms with E-state index in [0.717, 1.165) is 4.68 Å². The first-order valence-electron chi connectivity index (χ1n) is 10.3. The zero-order valence-corrected chi connectivity index (χ0v) is 17.1. The Labute approximate surface area is 180 Å². The van der Waals surface area contributed by atoms with Gasteiger partial charge in [-0.15, -0.1) is 0 Å². The van der Waals surface area contributed by atoms with Gasteiger partial charge in [0.2, 0.25) is 0 Å². The van der Waals surface area contributed by atoms with E-state index in [2.05, 4.69) is 10.4 Å². The van der Waals surface area contributed by atoms with Crippen molar-refractivity contribution in [2.75, 3.05) is 10.2 Å². The first-order chi connectivity index (χ1) is 15.2. The summed E-state index contributed by atoms with van der Waals surface area (Å²) in [6.07, 6.45) is -2.25. The van der Waals surface area contributed by atoms with Gasteiger partial charge in [-0.2, -0.15) is 18.3 Å². The highest BCUT2D eigenvalue weighted by Gasteiger charge is 2.47. The second-order valence-electron chi connectivity index (χ2n) is 8.20. The molecule has 1 amide bonds. The number of rotatable bonds is 2. The molecule has 2 aliphatic rings. The molecule has 0 bridgehead atoms. The summed E-state index contributed by atoms with van der Waals surface area (Å²) in [5, 5.41) is 7.06. The molecule has 0 saturated heterocycles. The van der Waals surface area contributed by atoms with Gasteiger partial charge in [-0.3, -0.25) is 4.79 Å². The van der Waals surface area contributed by atoms with Crippen LogP contribution in [0.3, 0.4) is 0 Å². The number of carbonyl (C=O) groups excluding carboxylic acids is 1. The Bertz CT molecular complexity index is 1160. The Morgan fingerprint density at radius 1 is 1.25 bits per heavy atom. The standard InChI is InChI=1S/C22H20F4N4O2/c1-12-4-5-13-9-14(23)6-7-17(13)29(12)21(31)16-11-20-27-15(18-3-2-8-32-18)10-19(22(24,25)26)30(20)28-16/h2-3,6-9,11-12,15,19,27H,4-5,10H2,1H3/t12-,15+,19-/m1/s1. The molecular formula is C22H20F4N4O2. The van der Waals surface area contributed by atoms with Gasteiger partial charge >= 0.3 is 6.18 Å². The number of hydrogen-bond donors (Lipinski definition) is 1. The number of furan rings is 1. The van der Waals surface area contributed by atoms with E-state index in [9.17, 15) is 22.4 Å². The van der Waals surface area contributed by atoms with Gasteiger partial charge in [0.1, 0.15) is 17.4 Å². The van der Waals surface area contributed by atoms with Crippen molar-refractivity contribution in [2.45, 2.75) is 50.5 Å². The van der Waals surface area contributed by atoms with Gasteiger partial charge in [-0.1, -0.05) is 0 Å². The maximum Gasteiger partial charge on any atom is 0.410 e. The molecule has 2 aliphatic heterocycles. The lowest BCUT2D eigenvalue weighted by atomic mass is 9.96. The minimum Gasteiger partial charge on any atom is -0.467 e. The zero-order chi connectivity index (χ0) is 22.6. The number of halogens is 4. The number of benzene rings is 1. The van der Waals surface area contributed by atoms with Crippen molar-refractivity contribution in [3.63, 3.8) is 0 Å². The largest absolute Gasteiger partial charge is 0.467 e. The molecule has 0 radical (unpaired) electrons. The smallest absolute Gasteiger partial charge is 0.410 e. The van der Waals surface area contributed by atoms with Crippen LogP contribution in [0.5, 0.6) is 0 Å². The summed E-state index contributed by atoms with van der Waals surface area (Å²) < 4.78 is 61.3. The maximum absolute atomic E-state index is 13.8. The van der Waals surface area contributed by atoms with Crippen molar-refractivity contribution in [3.05, 3.63) is 65.5 Å². The zero-order valence-electron chi connectivity index (χ0n) is 17.1. The maximum atomic E-state index is 13.8. The van der Waals surface area contributed by atoms with E-state index in [1.54, 1.807) is 12.1 Å². The molecule has 0 spiro atoms. The molecule has 1 aromatic carbocycles. The van der Waals surface area contributed by atoms with Gasteiger partial charge in [-0.25, -0.2) is 9.07 Å². The van der Waals surface area contributed by atoms with Crippen molar-refractivity contribution in [1.29, 1.82) is 0 Å². The Kier molecular flexibility index (Phi) is 4.75. The molecule has 0 fully saturated rings. The summed E-state index contributed by atoms with van der Waals surface area (Å²) in [5.41, 5.74) is 1.13. The van der Waals surface area contributed by atoms with E-state index in [1.807, 2.05) is 6.92 Å². The molecule has 3 aromatic rings. The summed E-state index contributed by atoms with van der Waals surface area (Å²) in [4.78, 5) is 14.9. The van der Waals surface area contributed by atoms with Crippen LogP contribution in [-0.2, 0) is 6.42 Å². The molecule has 2 aromatic heterocycles. The van der Waals surface area contributed by atoms with Gasteiger partial charge < -0.3 is 14.6 Å². The first kappa shape index (κ1) is 20.6. The lowest BCUT2D eigenvalue weighted by Gasteiger charge is -2.34. The number of anilines is 2. The number of alkyl halides is 3. The predicted molar refractivity (Wildman–Crippen MR) is 108 cm³/mol. The van der Waals surface area contributed by atoms with E-state index < -0.39 is 30.0 Å². The quantitative estimate of drug-likeness (QED) is 0.544. The van der Waals surface area contributed by atoms with Crippen molar-refractivity contribution in [2.24, 2.45) is 0 Å². The topological polar surface area (TPSA) is 63.3 Å². The second kappa shape index (κ2) is 7.39. The van der Waals surface area contributed by atoms with E-state index in [4.69, 9.17) is 4.42 Å². The highest BCUT2D eigenvalue weighted by molar-refractivity contribution is 6.06.